The Morgan fingerprint density at radius 1 is 1.40 bits per heavy atom. The summed E-state index contributed by atoms with van der Waals surface area (Å²) in [5.74, 6) is 0. The van der Waals surface area contributed by atoms with Crippen molar-refractivity contribution >= 4 is 0 Å². The molecule has 2 heteroatoms. The van der Waals surface area contributed by atoms with Crippen molar-refractivity contribution in [2.45, 2.75) is 38.7 Å². The van der Waals surface area contributed by atoms with E-state index in [1.807, 2.05) is 0 Å². The summed E-state index contributed by atoms with van der Waals surface area (Å²) in [4.78, 5) is 0. The molecule has 10 heavy (non-hydrogen) atoms. The van der Waals surface area contributed by atoms with Crippen LogP contribution in [0.2, 0.25) is 0 Å². The Morgan fingerprint density at radius 2 is 1.90 bits per heavy atom. The predicted octanol–water partition coefficient (Wildman–Crippen LogP) is 0.920. The van der Waals surface area contributed by atoms with Gasteiger partial charge in [-0.3, -0.25) is 0 Å². The van der Waals surface area contributed by atoms with Crippen molar-refractivity contribution in [2.24, 2.45) is 5.41 Å². The molecule has 2 N–H and O–H groups in total. The average Bonchev–Trinajstić information content (AvgIpc) is 2.35. The van der Waals surface area contributed by atoms with Crippen LogP contribution in [0.3, 0.4) is 0 Å². The molecule has 0 radical (unpaired) electrons. The minimum Gasteiger partial charge on any atom is -0.396 e. The lowest BCUT2D eigenvalue weighted by molar-refractivity contribution is -0.00180. The van der Waals surface area contributed by atoms with Gasteiger partial charge >= 0.3 is 0 Å². The van der Waals surface area contributed by atoms with Gasteiger partial charge in [-0.1, -0.05) is 12.8 Å². The molecule has 0 unspecified atom stereocenters. The molecule has 1 rings (SSSR count). The van der Waals surface area contributed by atoms with E-state index in [1.54, 1.807) is 6.92 Å². The van der Waals surface area contributed by atoms with Gasteiger partial charge in [0.05, 0.1) is 12.7 Å². The van der Waals surface area contributed by atoms with Crippen molar-refractivity contribution in [1.82, 2.24) is 0 Å². The molecule has 0 aromatic carbocycles. The average molecular weight is 144 g/mol. The first-order valence-corrected chi connectivity index (χ1v) is 4.00. The fourth-order valence-electron chi connectivity index (χ4n) is 1.79. The molecule has 0 amide bonds. The summed E-state index contributed by atoms with van der Waals surface area (Å²) in [5.41, 5.74) is -0.153. The quantitative estimate of drug-likeness (QED) is 0.605. The maximum absolute atomic E-state index is 9.34. The second kappa shape index (κ2) is 2.89. The number of rotatable bonds is 2. The summed E-state index contributed by atoms with van der Waals surface area (Å²) < 4.78 is 0. The highest BCUT2D eigenvalue weighted by atomic mass is 16.3. The fourth-order valence-corrected chi connectivity index (χ4v) is 1.79. The monoisotopic (exact) mass is 144 g/mol. The van der Waals surface area contributed by atoms with Crippen LogP contribution < -0.4 is 0 Å². The van der Waals surface area contributed by atoms with E-state index in [-0.39, 0.29) is 18.1 Å². The lowest BCUT2D eigenvalue weighted by Crippen LogP contribution is -2.33. The molecule has 0 saturated heterocycles. The van der Waals surface area contributed by atoms with Gasteiger partial charge in [0.1, 0.15) is 0 Å². The number of hydrogen-bond donors (Lipinski definition) is 2. The Hall–Kier alpha value is -0.0800. The molecule has 2 nitrogen and oxygen atoms in total. The van der Waals surface area contributed by atoms with Crippen molar-refractivity contribution in [3.05, 3.63) is 0 Å². The number of aliphatic hydroxyl groups is 2. The van der Waals surface area contributed by atoms with Crippen molar-refractivity contribution < 1.29 is 10.2 Å². The zero-order valence-electron chi connectivity index (χ0n) is 6.51. The van der Waals surface area contributed by atoms with Crippen LogP contribution in [-0.2, 0) is 0 Å². The number of aliphatic hydroxyl groups excluding tert-OH is 2. The fraction of sp³-hybridized carbons (Fsp3) is 1.00. The molecule has 0 aliphatic heterocycles. The predicted molar refractivity (Wildman–Crippen MR) is 39.7 cm³/mol. The van der Waals surface area contributed by atoms with Crippen LogP contribution in [0.5, 0.6) is 0 Å². The van der Waals surface area contributed by atoms with Gasteiger partial charge in [-0.25, -0.2) is 0 Å². The third-order valence-electron chi connectivity index (χ3n) is 2.80. The Balaban J connectivity index is 2.58. The molecule has 1 saturated carbocycles. The van der Waals surface area contributed by atoms with Gasteiger partial charge in [-0.2, -0.15) is 0 Å². The summed E-state index contributed by atoms with van der Waals surface area (Å²) >= 11 is 0. The maximum Gasteiger partial charge on any atom is 0.0590 e. The second-order valence-electron chi connectivity index (χ2n) is 3.40. The van der Waals surface area contributed by atoms with Gasteiger partial charge < -0.3 is 10.2 Å². The molecule has 1 aliphatic carbocycles. The van der Waals surface area contributed by atoms with Gasteiger partial charge in [0.2, 0.25) is 0 Å². The van der Waals surface area contributed by atoms with Gasteiger partial charge in [0, 0.05) is 5.41 Å². The summed E-state index contributed by atoms with van der Waals surface area (Å²) in [6.07, 6.45) is 3.94. The molecular formula is C8H16O2. The van der Waals surface area contributed by atoms with Crippen LogP contribution in [0.15, 0.2) is 0 Å². The SMILES string of the molecule is C[C@H](O)C1(CO)CCCC1. The summed E-state index contributed by atoms with van der Waals surface area (Å²) in [6, 6.07) is 0. The van der Waals surface area contributed by atoms with Crippen molar-refractivity contribution in [3.8, 4) is 0 Å². The first-order chi connectivity index (χ1) is 4.71. The van der Waals surface area contributed by atoms with E-state index in [4.69, 9.17) is 5.11 Å². The largest absolute Gasteiger partial charge is 0.396 e. The van der Waals surface area contributed by atoms with Crippen LogP contribution in [0.25, 0.3) is 0 Å². The van der Waals surface area contributed by atoms with Crippen LogP contribution in [0.1, 0.15) is 32.6 Å². The lowest BCUT2D eigenvalue weighted by atomic mass is 9.82. The van der Waals surface area contributed by atoms with Gasteiger partial charge in [0.15, 0.2) is 0 Å². The third kappa shape index (κ3) is 1.18. The lowest BCUT2D eigenvalue weighted by Gasteiger charge is -2.29. The highest BCUT2D eigenvalue weighted by Gasteiger charge is 2.37. The zero-order valence-corrected chi connectivity index (χ0v) is 6.51. The van der Waals surface area contributed by atoms with Crippen molar-refractivity contribution in [3.63, 3.8) is 0 Å². The van der Waals surface area contributed by atoms with Crippen LogP contribution in [0.4, 0.5) is 0 Å². The summed E-state index contributed by atoms with van der Waals surface area (Å²) in [7, 11) is 0. The molecule has 1 atom stereocenters. The van der Waals surface area contributed by atoms with E-state index >= 15 is 0 Å². The molecule has 0 heterocycles. The Morgan fingerprint density at radius 3 is 2.10 bits per heavy atom. The molecule has 0 aromatic rings. The van der Waals surface area contributed by atoms with Crippen molar-refractivity contribution in [2.75, 3.05) is 6.61 Å². The van der Waals surface area contributed by atoms with Gasteiger partial charge in [-0.15, -0.1) is 0 Å². The van der Waals surface area contributed by atoms with Crippen LogP contribution in [-0.4, -0.2) is 22.9 Å². The molecule has 1 fully saturated rings. The maximum atomic E-state index is 9.34. The molecule has 0 bridgehead atoms. The molecule has 60 valence electrons. The second-order valence-corrected chi connectivity index (χ2v) is 3.40. The molecule has 0 spiro atoms. The minimum atomic E-state index is -0.347. The topological polar surface area (TPSA) is 40.5 Å². The van der Waals surface area contributed by atoms with Crippen LogP contribution in [0, 0.1) is 5.41 Å². The van der Waals surface area contributed by atoms with E-state index < -0.39 is 0 Å². The summed E-state index contributed by atoms with van der Waals surface area (Å²) in [5, 5.41) is 18.4. The van der Waals surface area contributed by atoms with Gasteiger partial charge in [-0.05, 0) is 19.8 Å². The van der Waals surface area contributed by atoms with E-state index in [2.05, 4.69) is 0 Å². The smallest absolute Gasteiger partial charge is 0.0590 e. The van der Waals surface area contributed by atoms with Gasteiger partial charge in [0.25, 0.3) is 0 Å². The Labute approximate surface area is 61.9 Å². The highest BCUT2D eigenvalue weighted by molar-refractivity contribution is 4.88. The first-order valence-electron chi connectivity index (χ1n) is 4.00. The van der Waals surface area contributed by atoms with E-state index in [1.165, 1.54) is 0 Å². The Bertz CT molecular complexity index is 104. The highest BCUT2D eigenvalue weighted by Crippen LogP contribution is 2.40. The van der Waals surface area contributed by atoms with E-state index in [0.717, 1.165) is 25.7 Å². The van der Waals surface area contributed by atoms with E-state index in [9.17, 15) is 5.11 Å². The first kappa shape index (κ1) is 8.02. The minimum absolute atomic E-state index is 0.144. The Kier molecular flexibility index (Phi) is 2.32. The number of hydrogen-bond acceptors (Lipinski definition) is 2. The van der Waals surface area contributed by atoms with Crippen LogP contribution >= 0.6 is 0 Å². The third-order valence-corrected chi connectivity index (χ3v) is 2.80. The molecule has 0 aromatic heterocycles. The zero-order chi connectivity index (χ0) is 7.61. The molecular weight excluding hydrogens is 128 g/mol. The standard InChI is InChI=1S/C8H16O2/c1-7(10)8(6-9)4-2-3-5-8/h7,9-10H,2-6H2,1H3/t7-/m0/s1. The van der Waals surface area contributed by atoms with Crippen molar-refractivity contribution in [1.29, 1.82) is 0 Å². The summed E-state index contributed by atoms with van der Waals surface area (Å²) in [6.45, 7) is 1.92. The van der Waals surface area contributed by atoms with E-state index in [0.29, 0.717) is 0 Å². The normalized spacial score (nSPS) is 26.7. The molecule has 1 aliphatic rings.